The number of pyridine rings is 1. The zero-order valence-corrected chi connectivity index (χ0v) is 15.5. The number of anilines is 1. The molecule has 0 unspecified atom stereocenters. The molecule has 0 bridgehead atoms. The van der Waals surface area contributed by atoms with Crippen LogP contribution in [-0.4, -0.2) is 41.3 Å². The van der Waals surface area contributed by atoms with Crippen molar-refractivity contribution in [3.05, 3.63) is 58.9 Å². The van der Waals surface area contributed by atoms with Crippen molar-refractivity contribution < 1.29 is 23.9 Å². The molecule has 28 heavy (non-hydrogen) atoms. The van der Waals surface area contributed by atoms with Gasteiger partial charge in [0.1, 0.15) is 12.2 Å². The molecule has 4 N–H and O–H groups in total. The van der Waals surface area contributed by atoms with Crippen molar-refractivity contribution in [3.63, 3.8) is 0 Å². The number of halogens is 1. The summed E-state index contributed by atoms with van der Waals surface area (Å²) < 4.78 is 4.97. The molecule has 10 heteroatoms. The monoisotopic (exact) mass is 404 g/mol. The highest BCUT2D eigenvalue weighted by atomic mass is 35.5. The summed E-state index contributed by atoms with van der Waals surface area (Å²) in [4.78, 5) is 50.6. The first-order valence-electron chi connectivity index (χ1n) is 8.06. The number of hydrogen-bond acceptors (Lipinski definition) is 6. The first kappa shape index (κ1) is 20.8. The summed E-state index contributed by atoms with van der Waals surface area (Å²) in [5.41, 5.74) is 5.88. The van der Waals surface area contributed by atoms with Crippen molar-refractivity contribution in [2.75, 3.05) is 11.9 Å². The average Bonchev–Trinajstić information content (AvgIpc) is 2.66. The van der Waals surface area contributed by atoms with Crippen molar-refractivity contribution in [2.24, 2.45) is 5.73 Å². The number of rotatable bonds is 7. The number of carbonyl (C=O) groups is 4. The zero-order valence-electron chi connectivity index (χ0n) is 14.8. The minimum Gasteiger partial charge on any atom is -0.451 e. The summed E-state index contributed by atoms with van der Waals surface area (Å²) >= 11 is 5.77. The Hall–Kier alpha value is -3.46. The van der Waals surface area contributed by atoms with E-state index in [-0.39, 0.29) is 5.69 Å². The van der Waals surface area contributed by atoms with Gasteiger partial charge in [-0.2, -0.15) is 0 Å². The molecule has 9 nitrogen and oxygen atoms in total. The lowest BCUT2D eigenvalue weighted by atomic mass is 10.2. The molecule has 0 spiro atoms. The Bertz CT molecular complexity index is 901. The van der Waals surface area contributed by atoms with Crippen molar-refractivity contribution in [1.29, 1.82) is 0 Å². The number of ether oxygens (including phenoxy) is 1. The number of nitrogens with one attached hydrogen (secondary N) is 2. The summed E-state index contributed by atoms with van der Waals surface area (Å²) in [5.74, 6) is -2.58. The minimum atomic E-state index is -1.11. The zero-order chi connectivity index (χ0) is 20.7. The minimum absolute atomic E-state index is 0.0468. The van der Waals surface area contributed by atoms with Crippen LogP contribution in [0.3, 0.4) is 0 Å². The second-order valence-corrected chi connectivity index (χ2v) is 6.04. The highest BCUT2D eigenvalue weighted by molar-refractivity contribution is 6.30. The molecule has 146 valence electrons. The maximum Gasteiger partial charge on any atom is 0.326 e. The van der Waals surface area contributed by atoms with Gasteiger partial charge in [0.05, 0.1) is 0 Å². The number of primary amides is 1. The third-order valence-corrected chi connectivity index (χ3v) is 3.70. The fourth-order valence-corrected chi connectivity index (χ4v) is 2.19. The molecule has 0 saturated carbocycles. The van der Waals surface area contributed by atoms with Crippen molar-refractivity contribution in [2.45, 2.75) is 13.0 Å². The predicted octanol–water partition coefficient (Wildman–Crippen LogP) is 1.13. The Morgan fingerprint density at radius 1 is 1.18 bits per heavy atom. The first-order valence-corrected chi connectivity index (χ1v) is 8.44. The fourth-order valence-electron chi connectivity index (χ4n) is 2.03. The molecule has 3 amide bonds. The van der Waals surface area contributed by atoms with Gasteiger partial charge in [-0.25, -0.2) is 0 Å². The van der Waals surface area contributed by atoms with E-state index < -0.39 is 36.3 Å². The van der Waals surface area contributed by atoms with Crippen LogP contribution in [0.5, 0.6) is 0 Å². The normalized spacial score (nSPS) is 11.2. The van der Waals surface area contributed by atoms with Gasteiger partial charge in [0, 0.05) is 22.5 Å². The van der Waals surface area contributed by atoms with Crippen LogP contribution in [0.2, 0.25) is 5.02 Å². The van der Waals surface area contributed by atoms with Crippen LogP contribution < -0.4 is 16.4 Å². The number of hydrogen-bond donors (Lipinski definition) is 3. The van der Waals surface area contributed by atoms with Gasteiger partial charge in [-0.05, 0) is 43.3 Å². The molecule has 1 aromatic carbocycles. The Balaban J connectivity index is 1.81. The molecule has 0 saturated heterocycles. The number of nitrogens with two attached hydrogens (primary N) is 1. The summed E-state index contributed by atoms with van der Waals surface area (Å²) in [7, 11) is 0. The van der Waals surface area contributed by atoms with Gasteiger partial charge in [-0.15, -0.1) is 0 Å². The summed E-state index contributed by atoms with van der Waals surface area (Å²) in [6.07, 6.45) is 0.252. The smallest absolute Gasteiger partial charge is 0.326 e. The summed E-state index contributed by atoms with van der Waals surface area (Å²) in [6.45, 7) is 0.934. The Morgan fingerprint density at radius 2 is 1.86 bits per heavy atom. The lowest BCUT2D eigenvalue weighted by Crippen LogP contribution is -2.36. The van der Waals surface area contributed by atoms with Gasteiger partial charge in [0.25, 0.3) is 11.8 Å². The lowest BCUT2D eigenvalue weighted by molar-refractivity contribution is -0.152. The van der Waals surface area contributed by atoms with E-state index in [2.05, 4.69) is 15.6 Å². The number of benzene rings is 1. The van der Waals surface area contributed by atoms with Gasteiger partial charge < -0.3 is 21.1 Å². The van der Waals surface area contributed by atoms with Crippen LogP contribution >= 0.6 is 11.6 Å². The van der Waals surface area contributed by atoms with Crippen LogP contribution in [0.1, 0.15) is 27.8 Å². The van der Waals surface area contributed by atoms with E-state index in [9.17, 15) is 19.2 Å². The van der Waals surface area contributed by atoms with Crippen LogP contribution in [-0.2, 0) is 14.3 Å². The van der Waals surface area contributed by atoms with E-state index in [1.54, 1.807) is 0 Å². The third kappa shape index (κ3) is 6.06. The van der Waals surface area contributed by atoms with E-state index in [1.165, 1.54) is 49.5 Å². The molecule has 2 aromatic rings. The third-order valence-electron chi connectivity index (χ3n) is 3.46. The van der Waals surface area contributed by atoms with Crippen LogP contribution in [0.4, 0.5) is 5.69 Å². The lowest BCUT2D eigenvalue weighted by Gasteiger charge is -2.14. The second-order valence-electron chi connectivity index (χ2n) is 5.60. The van der Waals surface area contributed by atoms with Gasteiger partial charge in [-0.3, -0.25) is 24.2 Å². The van der Waals surface area contributed by atoms with Crippen molar-refractivity contribution >= 4 is 41.0 Å². The standard InChI is InChI=1S/C18H17ClN4O5/c1-10(17(26)23-13-4-2-11(3-5-13)16(20)25)28-15(24)9-22-18(27)14-8-12(19)6-7-21-14/h2-8,10H,9H2,1H3,(H2,20,25)(H,22,27)(H,23,26)/t10-/m0/s1. The molecule has 0 aliphatic rings. The average molecular weight is 405 g/mol. The highest BCUT2D eigenvalue weighted by Gasteiger charge is 2.19. The topological polar surface area (TPSA) is 140 Å². The van der Waals surface area contributed by atoms with Crippen molar-refractivity contribution in [1.82, 2.24) is 10.3 Å². The quantitative estimate of drug-likeness (QED) is 0.591. The molecule has 1 heterocycles. The molecule has 0 fully saturated rings. The van der Waals surface area contributed by atoms with Crippen LogP contribution in [0.25, 0.3) is 0 Å². The molecular formula is C18H17ClN4O5. The molecular weight excluding hydrogens is 388 g/mol. The molecule has 0 aliphatic carbocycles. The molecule has 1 aromatic heterocycles. The molecule has 1 atom stereocenters. The van der Waals surface area contributed by atoms with Gasteiger partial charge in [0.2, 0.25) is 5.91 Å². The number of esters is 1. The molecule has 2 rings (SSSR count). The number of nitrogens with zero attached hydrogens (tertiary/aromatic N) is 1. The maximum atomic E-state index is 12.1. The first-order chi connectivity index (χ1) is 13.3. The Labute approximate surface area is 165 Å². The fraction of sp³-hybridized carbons (Fsp3) is 0.167. The predicted molar refractivity (Wildman–Crippen MR) is 101 cm³/mol. The summed E-state index contributed by atoms with van der Waals surface area (Å²) in [5, 5.41) is 5.19. The van der Waals surface area contributed by atoms with Gasteiger partial charge in [0.15, 0.2) is 6.10 Å². The van der Waals surface area contributed by atoms with Gasteiger partial charge in [-0.1, -0.05) is 11.6 Å². The Kier molecular flexibility index (Phi) is 7.05. The van der Waals surface area contributed by atoms with E-state index in [1.807, 2.05) is 0 Å². The SMILES string of the molecule is C[C@H](OC(=O)CNC(=O)c1cc(Cl)ccn1)C(=O)Nc1ccc(C(N)=O)cc1. The van der Waals surface area contributed by atoms with E-state index in [0.29, 0.717) is 16.3 Å². The molecule has 0 aliphatic heterocycles. The Morgan fingerprint density at radius 3 is 2.46 bits per heavy atom. The van der Waals surface area contributed by atoms with E-state index >= 15 is 0 Å². The highest BCUT2D eigenvalue weighted by Crippen LogP contribution is 2.10. The number of amides is 3. The van der Waals surface area contributed by atoms with E-state index in [0.717, 1.165) is 0 Å². The number of aromatic nitrogens is 1. The summed E-state index contributed by atoms with van der Waals surface area (Å²) in [6, 6.07) is 8.74. The number of carbonyl (C=O) groups excluding carboxylic acids is 4. The maximum absolute atomic E-state index is 12.1. The van der Waals surface area contributed by atoms with Crippen LogP contribution in [0, 0.1) is 0 Å². The van der Waals surface area contributed by atoms with Gasteiger partial charge >= 0.3 is 5.97 Å². The van der Waals surface area contributed by atoms with Crippen molar-refractivity contribution in [3.8, 4) is 0 Å². The van der Waals surface area contributed by atoms with Crippen LogP contribution in [0.15, 0.2) is 42.6 Å². The molecule has 0 radical (unpaired) electrons. The second kappa shape index (κ2) is 9.47. The largest absolute Gasteiger partial charge is 0.451 e. The van der Waals surface area contributed by atoms with E-state index in [4.69, 9.17) is 22.1 Å².